The van der Waals surface area contributed by atoms with Gasteiger partial charge in [-0.05, 0) is 61.7 Å². The molecule has 2 aromatic carbocycles. The van der Waals surface area contributed by atoms with Crippen molar-refractivity contribution in [3.63, 3.8) is 0 Å². The molecule has 0 spiro atoms. The van der Waals surface area contributed by atoms with Crippen molar-refractivity contribution in [2.24, 2.45) is 11.3 Å². The molecule has 0 heterocycles. The zero-order chi connectivity index (χ0) is 23.5. The summed E-state index contributed by atoms with van der Waals surface area (Å²) in [5, 5.41) is 9.66. The minimum absolute atomic E-state index is 0.147. The first-order chi connectivity index (χ1) is 15.2. The number of carbonyl (C=O) groups is 2. The maximum absolute atomic E-state index is 12.8. The fourth-order valence-corrected chi connectivity index (χ4v) is 4.04. The second-order valence-electron chi connectivity index (χ2n) is 8.36. The summed E-state index contributed by atoms with van der Waals surface area (Å²) in [5.41, 5.74) is 1.63. The smallest absolute Gasteiger partial charge is 0.336 e. The average Bonchev–Trinajstić information content (AvgIpc) is 2.76. The molecular weight excluding hydrogens is 404 g/mol. The van der Waals surface area contributed by atoms with E-state index in [0.29, 0.717) is 22.6 Å². The molecule has 32 heavy (non-hydrogen) atoms. The van der Waals surface area contributed by atoms with Crippen molar-refractivity contribution in [3.05, 3.63) is 94.8 Å². The molecule has 0 radical (unpaired) electrons. The van der Waals surface area contributed by atoms with E-state index in [0.717, 1.165) is 11.3 Å². The van der Waals surface area contributed by atoms with Crippen molar-refractivity contribution >= 4 is 11.8 Å². The summed E-state index contributed by atoms with van der Waals surface area (Å²) in [6.07, 6.45) is 3.34. The Morgan fingerprint density at radius 3 is 2.12 bits per heavy atom. The second-order valence-corrected chi connectivity index (χ2v) is 8.36. The molecule has 166 valence electrons. The summed E-state index contributed by atoms with van der Waals surface area (Å²) in [6, 6.07) is 16.4. The van der Waals surface area contributed by atoms with Crippen LogP contribution >= 0.6 is 0 Å². The molecule has 2 aromatic rings. The molecule has 1 unspecified atom stereocenters. The number of aliphatic carboxylic acids is 1. The third-order valence-corrected chi connectivity index (χ3v) is 6.14. The molecule has 0 aliphatic heterocycles. The Morgan fingerprint density at radius 1 is 0.969 bits per heavy atom. The number of para-hydroxylation sites is 1. The molecule has 1 aliphatic carbocycles. The van der Waals surface area contributed by atoms with Crippen LogP contribution in [0.4, 0.5) is 0 Å². The Labute approximate surface area is 188 Å². The van der Waals surface area contributed by atoms with E-state index >= 15 is 0 Å². The normalized spacial score (nSPS) is 18.1. The number of rotatable bonds is 7. The van der Waals surface area contributed by atoms with Gasteiger partial charge in [0.15, 0.2) is 5.78 Å². The molecule has 0 saturated carbocycles. The van der Waals surface area contributed by atoms with Gasteiger partial charge in [-0.3, -0.25) is 4.79 Å². The number of hydrogen-bond donors (Lipinski definition) is 1. The lowest BCUT2D eigenvalue weighted by Crippen LogP contribution is -2.33. The molecule has 0 amide bonds. The van der Waals surface area contributed by atoms with E-state index in [9.17, 15) is 14.7 Å². The predicted molar refractivity (Wildman–Crippen MR) is 124 cm³/mol. The first-order valence-corrected chi connectivity index (χ1v) is 10.4. The van der Waals surface area contributed by atoms with Crippen LogP contribution in [0, 0.1) is 11.3 Å². The van der Waals surface area contributed by atoms with Gasteiger partial charge in [0.25, 0.3) is 0 Å². The largest absolute Gasteiger partial charge is 0.500 e. The van der Waals surface area contributed by atoms with Crippen molar-refractivity contribution in [3.8, 4) is 11.5 Å². The number of methoxy groups -OCH3 is 1. The molecule has 0 aromatic heterocycles. The van der Waals surface area contributed by atoms with Crippen LogP contribution in [0.1, 0.15) is 38.1 Å². The van der Waals surface area contributed by atoms with Gasteiger partial charge in [-0.25, -0.2) is 4.79 Å². The lowest BCUT2D eigenvalue weighted by molar-refractivity contribution is -0.132. The standard InChI is InChI=1S/C27H28O5/c1-17-24(26(29)30)18(2)27(3,4)22(25(17)31-5)15-16-23(28)19-11-13-21(14-12-19)32-20-9-7-6-8-10-20/h6-16,22H,1-5H3,(H,29,30). The van der Waals surface area contributed by atoms with Crippen molar-refractivity contribution in [2.75, 3.05) is 7.11 Å². The van der Waals surface area contributed by atoms with Gasteiger partial charge in [0.2, 0.25) is 0 Å². The van der Waals surface area contributed by atoms with Crippen molar-refractivity contribution in [2.45, 2.75) is 27.7 Å². The Balaban J connectivity index is 1.82. The summed E-state index contributed by atoms with van der Waals surface area (Å²) in [5.74, 6) is 0.551. The van der Waals surface area contributed by atoms with Crippen LogP contribution < -0.4 is 4.74 Å². The van der Waals surface area contributed by atoms with Gasteiger partial charge in [0.1, 0.15) is 17.3 Å². The molecule has 5 heteroatoms. The Kier molecular flexibility index (Phi) is 6.68. The molecule has 3 rings (SSSR count). The average molecular weight is 433 g/mol. The topological polar surface area (TPSA) is 72.8 Å². The predicted octanol–water partition coefficient (Wildman–Crippen LogP) is 6.20. The van der Waals surface area contributed by atoms with Gasteiger partial charge in [-0.1, -0.05) is 43.7 Å². The molecule has 0 bridgehead atoms. The molecule has 1 atom stereocenters. The number of ketones is 1. The van der Waals surface area contributed by atoms with E-state index in [2.05, 4.69) is 0 Å². The number of carbonyl (C=O) groups excluding carboxylic acids is 1. The quantitative estimate of drug-likeness (QED) is 0.417. The minimum Gasteiger partial charge on any atom is -0.500 e. The first-order valence-electron chi connectivity index (χ1n) is 10.4. The Hall–Kier alpha value is -3.60. The third-order valence-electron chi connectivity index (χ3n) is 6.14. The summed E-state index contributed by atoms with van der Waals surface area (Å²) >= 11 is 0. The number of carboxylic acid groups (broad SMARTS) is 1. The third kappa shape index (κ3) is 4.52. The van der Waals surface area contributed by atoms with Crippen LogP contribution in [-0.4, -0.2) is 24.0 Å². The summed E-state index contributed by atoms with van der Waals surface area (Å²) in [7, 11) is 1.53. The summed E-state index contributed by atoms with van der Waals surface area (Å²) in [6.45, 7) is 7.50. The van der Waals surface area contributed by atoms with Crippen LogP contribution in [0.3, 0.4) is 0 Å². The molecule has 0 saturated heterocycles. The summed E-state index contributed by atoms with van der Waals surface area (Å²) in [4.78, 5) is 24.6. The SMILES string of the molecule is COC1=C(C)C(C(=O)O)=C(C)C(C)(C)C1C=CC(=O)c1ccc(Oc2ccccc2)cc1. The lowest BCUT2D eigenvalue weighted by Gasteiger charge is -2.40. The van der Waals surface area contributed by atoms with Crippen molar-refractivity contribution in [1.29, 1.82) is 0 Å². The summed E-state index contributed by atoms with van der Waals surface area (Å²) < 4.78 is 11.4. The van der Waals surface area contributed by atoms with Crippen LogP contribution in [0.2, 0.25) is 0 Å². The highest BCUT2D eigenvalue weighted by molar-refractivity contribution is 6.04. The highest BCUT2D eigenvalue weighted by Crippen LogP contribution is 2.48. The molecule has 0 fully saturated rings. The molecule has 1 aliphatic rings. The number of benzene rings is 2. The van der Waals surface area contributed by atoms with Crippen molar-refractivity contribution in [1.82, 2.24) is 0 Å². The first kappa shape index (κ1) is 23.1. The maximum atomic E-state index is 12.8. The minimum atomic E-state index is -0.973. The van der Waals surface area contributed by atoms with Gasteiger partial charge in [0.05, 0.1) is 12.7 Å². The number of allylic oxidation sites excluding steroid dienone is 3. The van der Waals surface area contributed by atoms with E-state index in [1.807, 2.05) is 51.1 Å². The highest BCUT2D eigenvalue weighted by Gasteiger charge is 2.41. The van der Waals surface area contributed by atoms with E-state index in [1.165, 1.54) is 13.2 Å². The zero-order valence-corrected chi connectivity index (χ0v) is 19.0. The van der Waals surface area contributed by atoms with Gasteiger partial charge in [-0.15, -0.1) is 0 Å². The van der Waals surface area contributed by atoms with E-state index in [1.54, 1.807) is 37.3 Å². The van der Waals surface area contributed by atoms with Gasteiger partial charge in [0, 0.05) is 17.1 Å². The Morgan fingerprint density at radius 2 is 1.56 bits per heavy atom. The van der Waals surface area contributed by atoms with E-state index in [4.69, 9.17) is 9.47 Å². The van der Waals surface area contributed by atoms with E-state index in [-0.39, 0.29) is 17.3 Å². The van der Waals surface area contributed by atoms with Gasteiger partial charge < -0.3 is 14.6 Å². The van der Waals surface area contributed by atoms with Crippen LogP contribution in [-0.2, 0) is 9.53 Å². The lowest BCUT2D eigenvalue weighted by atomic mass is 9.66. The Bertz CT molecular complexity index is 1100. The molecule has 1 N–H and O–H groups in total. The monoisotopic (exact) mass is 432 g/mol. The number of hydrogen-bond acceptors (Lipinski definition) is 4. The van der Waals surface area contributed by atoms with E-state index < -0.39 is 11.4 Å². The van der Waals surface area contributed by atoms with Crippen LogP contribution in [0.5, 0.6) is 11.5 Å². The number of carboxylic acids is 1. The number of ether oxygens (including phenoxy) is 2. The molecular formula is C27H28O5. The zero-order valence-electron chi connectivity index (χ0n) is 19.0. The van der Waals surface area contributed by atoms with Gasteiger partial charge >= 0.3 is 5.97 Å². The maximum Gasteiger partial charge on any atom is 0.336 e. The highest BCUT2D eigenvalue weighted by atomic mass is 16.5. The van der Waals surface area contributed by atoms with Gasteiger partial charge in [-0.2, -0.15) is 0 Å². The second kappa shape index (κ2) is 9.27. The van der Waals surface area contributed by atoms with Crippen molar-refractivity contribution < 1.29 is 24.2 Å². The van der Waals surface area contributed by atoms with Crippen LogP contribution in [0.15, 0.2) is 89.2 Å². The molecule has 5 nitrogen and oxygen atoms in total. The fourth-order valence-electron chi connectivity index (χ4n) is 4.04. The fraction of sp³-hybridized carbons (Fsp3) is 0.259. The van der Waals surface area contributed by atoms with Crippen LogP contribution in [0.25, 0.3) is 0 Å².